The molecule has 0 heterocycles. The number of hydrogen-bond acceptors (Lipinski definition) is 3. The molecule has 8 heteroatoms. The van der Waals surface area contributed by atoms with E-state index in [1.807, 2.05) is 6.92 Å². The van der Waals surface area contributed by atoms with Crippen LogP contribution in [-0.2, 0) is 10.0 Å². The van der Waals surface area contributed by atoms with Crippen LogP contribution in [0.4, 0.5) is 5.69 Å². The standard InChI is InChI=1S/C16H16Cl2N2O3S/c1-2-9-19-24(22,23)13-6-4-12(5-7-13)20-16(21)14-8-3-11(17)10-15(14)18/h3-8,10,19H,2,9H2,1H3,(H,20,21). The summed E-state index contributed by atoms with van der Waals surface area (Å²) in [5, 5.41) is 3.33. The van der Waals surface area contributed by atoms with Crippen LogP contribution < -0.4 is 10.0 Å². The molecule has 1 amide bonds. The van der Waals surface area contributed by atoms with Crippen molar-refractivity contribution in [2.45, 2.75) is 18.2 Å². The number of hydrogen-bond donors (Lipinski definition) is 2. The van der Waals surface area contributed by atoms with Gasteiger partial charge < -0.3 is 5.32 Å². The average Bonchev–Trinajstić information content (AvgIpc) is 2.53. The Morgan fingerprint density at radius 2 is 1.75 bits per heavy atom. The van der Waals surface area contributed by atoms with Crippen LogP contribution >= 0.6 is 23.2 Å². The Bertz CT molecular complexity index is 837. The predicted molar refractivity (Wildman–Crippen MR) is 96.3 cm³/mol. The fraction of sp³-hybridized carbons (Fsp3) is 0.188. The van der Waals surface area contributed by atoms with Crippen molar-refractivity contribution in [1.29, 1.82) is 0 Å². The van der Waals surface area contributed by atoms with Crippen LogP contribution in [0.3, 0.4) is 0 Å². The Kier molecular flexibility index (Phi) is 6.23. The van der Waals surface area contributed by atoms with Crippen LogP contribution in [0.1, 0.15) is 23.7 Å². The summed E-state index contributed by atoms with van der Waals surface area (Å²) in [4.78, 5) is 12.3. The molecule has 0 saturated heterocycles. The number of benzene rings is 2. The van der Waals surface area contributed by atoms with Gasteiger partial charge in [0.05, 0.1) is 15.5 Å². The number of carbonyl (C=O) groups is 1. The summed E-state index contributed by atoms with van der Waals surface area (Å²) in [6.07, 6.45) is 0.704. The minimum absolute atomic E-state index is 0.137. The van der Waals surface area contributed by atoms with E-state index in [1.54, 1.807) is 6.07 Å². The van der Waals surface area contributed by atoms with Crippen LogP contribution in [-0.4, -0.2) is 20.9 Å². The lowest BCUT2D eigenvalue weighted by Gasteiger charge is -2.09. The lowest BCUT2D eigenvalue weighted by atomic mass is 10.2. The minimum Gasteiger partial charge on any atom is -0.322 e. The molecule has 0 saturated carbocycles. The fourth-order valence-electron chi connectivity index (χ4n) is 1.91. The summed E-state index contributed by atoms with van der Waals surface area (Å²) < 4.78 is 26.5. The zero-order valence-corrected chi connectivity index (χ0v) is 15.2. The second-order valence-corrected chi connectivity index (χ2v) is 7.61. The monoisotopic (exact) mass is 386 g/mol. The van der Waals surface area contributed by atoms with E-state index in [-0.39, 0.29) is 15.5 Å². The number of halogens is 2. The van der Waals surface area contributed by atoms with Gasteiger partial charge in [0.2, 0.25) is 10.0 Å². The van der Waals surface area contributed by atoms with Crippen LogP contribution in [0.15, 0.2) is 47.4 Å². The predicted octanol–water partition coefficient (Wildman–Crippen LogP) is 3.93. The number of rotatable bonds is 6. The van der Waals surface area contributed by atoms with Gasteiger partial charge in [0.1, 0.15) is 0 Å². The topological polar surface area (TPSA) is 75.3 Å². The molecule has 2 N–H and O–H groups in total. The van der Waals surface area contributed by atoms with E-state index in [2.05, 4.69) is 10.0 Å². The SMILES string of the molecule is CCCNS(=O)(=O)c1ccc(NC(=O)c2ccc(Cl)cc2Cl)cc1. The van der Waals surface area contributed by atoms with Gasteiger partial charge in [-0.1, -0.05) is 30.1 Å². The zero-order chi connectivity index (χ0) is 17.7. The maximum atomic E-state index is 12.2. The summed E-state index contributed by atoms with van der Waals surface area (Å²) in [5.41, 5.74) is 0.739. The van der Waals surface area contributed by atoms with Gasteiger partial charge in [-0.05, 0) is 48.9 Å². The lowest BCUT2D eigenvalue weighted by molar-refractivity contribution is 0.102. The summed E-state index contributed by atoms with van der Waals surface area (Å²) in [5.74, 6) is -0.406. The van der Waals surface area contributed by atoms with Gasteiger partial charge in [-0.15, -0.1) is 0 Å². The Labute approximate surface area is 151 Å². The number of carbonyl (C=O) groups excluding carboxylic acids is 1. The largest absolute Gasteiger partial charge is 0.322 e. The number of anilines is 1. The number of nitrogens with one attached hydrogen (secondary N) is 2. The first-order valence-electron chi connectivity index (χ1n) is 7.19. The third kappa shape index (κ3) is 4.70. The molecule has 0 aromatic heterocycles. The summed E-state index contributed by atoms with van der Waals surface area (Å²) in [7, 11) is -3.53. The van der Waals surface area contributed by atoms with Gasteiger partial charge in [0, 0.05) is 17.3 Å². The van der Waals surface area contributed by atoms with E-state index in [1.165, 1.54) is 36.4 Å². The average molecular weight is 387 g/mol. The van der Waals surface area contributed by atoms with Gasteiger partial charge in [-0.25, -0.2) is 13.1 Å². The van der Waals surface area contributed by atoms with E-state index in [9.17, 15) is 13.2 Å². The lowest BCUT2D eigenvalue weighted by Crippen LogP contribution is -2.24. The number of amides is 1. The van der Waals surface area contributed by atoms with E-state index in [0.29, 0.717) is 23.7 Å². The summed E-state index contributed by atoms with van der Waals surface area (Å²) in [6, 6.07) is 10.5. The molecule has 128 valence electrons. The van der Waals surface area contributed by atoms with Gasteiger partial charge in [0.15, 0.2) is 0 Å². The molecule has 0 unspecified atom stereocenters. The Balaban J connectivity index is 2.13. The Hall–Kier alpha value is -1.60. The van der Waals surface area contributed by atoms with Crippen molar-refractivity contribution < 1.29 is 13.2 Å². The van der Waals surface area contributed by atoms with Crippen molar-refractivity contribution >= 4 is 44.8 Å². The van der Waals surface area contributed by atoms with Crippen LogP contribution in [0, 0.1) is 0 Å². The quantitative estimate of drug-likeness (QED) is 0.789. The zero-order valence-electron chi connectivity index (χ0n) is 12.8. The molecule has 2 aromatic rings. The molecule has 0 atom stereocenters. The molecule has 0 bridgehead atoms. The molecular weight excluding hydrogens is 371 g/mol. The first-order chi connectivity index (χ1) is 11.3. The third-order valence-corrected chi connectivity index (χ3v) is 5.17. The molecule has 2 rings (SSSR count). The summed E-state index contributed by atoms with van der Waals surface area (Å²) >= 11 is 11.8. The molecule has 2 aromatic carbocycles. The van der Waals surface area contributed by atoms with Gasteiger partial charge in [-0.2, -0.15) is 0 Å². The van der Waals surface area contributed by atoms with E-state index in [4.69, 9.17) is 23.2 Å². The first-order valence-corrected chi connectivity index (χ1v) is 9.43. The second kappa shape index (κ2) is 7.98. The van der Waals surface area contributed by atoms with Crippen LogP contribution in [0.25, 0.3) is 0 Å². The van der Waals surface area contributed by atoms with Crippen molar-refractivity contribution in [3.05, 3.63) is 58.1 Å². The Morgan fingerprint density at radius 3 is 2.33 bits per heavy atom. The third-order valence-electron chi connectivity index (χ3n) is 3.14. The highest BCUT2D eigenvalue weighted by Crippen LogP contribution is 2.22. The molecular formula is C16H16Cl2N2O3S. The normalized spacial score (nSPS) is 11.3. The fourth-order valence-corrected chi connectivity index (χ4v) is 3.54. The Morgan fingerprint density at radius 1 is 1.08 bits per heavy atom. The highest BCUT2D eigenvalue weighted by Gasteiger charge is 2.14. The highest BCUT2D eigenvalue weighted by molar-refractivity contribution is 7.89. The van der Waals surface area contributed by atoms with Crippen molar-refractivity contribution in [3.63, 3.8) is 0 Å². The smallest absolute Gasteiger partial charge is 0.257 e. The maximum Gasteiger partial charge on any atom is 0.257 e. The molecule has 0 aliphatic heterocycles. The molecule has 24 heavy (non-hydrogen) atoms. The second-order valence-electron chi connectivity index (χ2n) is 5.00. The summed E-state index contributed by atoms with van der Waals surface area (Å²) in [6.45, 7) is 2.25. The van der Waals surface area contributed by atoms with Crippen molar-refractivity contribution in [2.24, 2.45) is 0 Å². The molecule has 0 aliphatic carbocycles. The van der Waals surface area contributed by atoms with Gasteiger partial charge >= 0.3 is 0 Å². The van der Waals surface area contributed by atoms with Crippen molar-refractivity contribution in [2.75, 3.05) is 11.9 Å². The van der Waals surface area contributed by atoms with Crippen LogP contribution in [0.5, 0.6) is 0 Å². The first kappa shape index (κ1) is 18.7. The van der Waals surface area contributed by atoms with E-state index < -0.39 is 15.9 Å². The molecule has 0 spiro atoms. The molecule has 0 radical (unpaired) electrons. The van der Waals surface area contributed by atoms with Gasteiger partial charge in [-0.3, -0.25) is 4.79 Å². The van der Waals surface area contributed by atoms with E-state index in [0.717, 1.165) is 0 Å². The number of sulfonamides is 1. The molecule has 0 aliphatic rings. The molecule has 0 fully saturated rings. The maximum absolute atomic E-state index is 12.2. The highest BCUT2D eigenvalue weighted by atomic mass is 35.5. The van der Waals surface area contributed by atoms with Crippen molar-refractivity contribution in [1.82, 2.24) is 4.72 Å². The van der Waals surface area contributed by atoms with Gasteiger partial charge in [0.25, 0.3) is 5.91 Å². The van der Waals surface area contributed by atoms with Crippen LogP contribution in [0.2, 0.25) is 10.0 Å². The van der Waals surface area contributed by atoms with E-state index >= 15 is 0 Å². The minimum atomic E-state index is -3.53. The van der Waals surface area contributed by atoms with Crippen molar-refractivity contribution in [3.8, 4) is 0 Å². The molecule has 5 nitrogen and oxygen atoms in total.